The number of carbonyl (C=O) groups excluding carboxylic acids is 1. The maximum absolute atomic E-state index is 15.5. The third kappa shape index (κ3) is 7.47. The minimum absolute atomic E-state index is 0.0553. The largest absolute Gasteiger partial charge is 0.462 e. The highest BCUT2D eigenvalue weighted by Gasteiger charge is 2.23. The molecule has 0 spiro atoms. The zero-order valence-electron chi connectivity index (χ0n) is 24.5. The number of pyridine rings is 1. The number of halogens is 2. The lowest BCUT2D eigenvalue weighted by molar-refractivity contribution is 0.0522. The van der Waals surface area contributed by atoms with E-state index in [0.717, 1.165) is 29.9 Å². The molecule has 0 bridgehead atoms. The van der Waals surface area contributed by atoms with E-state index in [9.17, 15) is 9.59 Å². The van der Waals surface area contributed by atoms with Crippen LogP contribution < -0.4 is 10.3 Å². The van der Waals surface area contributed by atoms with Gasteiger partial charge in [-0.3, -0.25) is 4.79 Å². The van der Waals surface area contributed by atoms with E-state index in [1.54, 1.807) is 13.1 Å². The highest BCUT2D eigenvalue weighted by atomic mass is 127. The Kier molecular flexibility index (Phi) is 12.1. The van der Waals surface area contributed by atoms with E-state index in [1.165, 1.54) is 12.0 Å². The number of hydrogen-bond donors (Lipinski definition) is 0. The molecule has 4 rings (SSSR count). The molecule has 1 aliphatic rings. The van der Waals surface area contributed by atoms with Gasteiger partial charge in [0.05, 0.1) is 48.2 Å². The second-order valence-corrected chi connectivity index (χ2v) is 11.7. The van der Waals surface area contributed by atoms with Crippen molar-refractivity contribution in [1.29, 1.82) is 0 Å². The van der Waals surface area contributed by atoms with Gasteiger partial charge in [-0.25, -0.2) is 9.18 Å². The van der Waals surface area contributed by atoms with Crippen LogP contribution in [0.1, 0.15) is 53.9 Å². The molecule has 0 saturated carbocycles. The molecule has 8 nitrogen and oxygen atoms in total. The number of aromatic nitrogens is 1. The van der Waals surface area contributed by atoms with Crippen LogP contribution in [-0.4, -0.2) is 69.5 Å². The van der Waals surface area contributed by atoms with Gasteiger partial charge >= 0.3 is 5.97 Å². The summed E-state index contributed by atoms with van der Waals surface area (Å²) in [4.78, 5) is 28.9. The molecule has 2 aromatic carbocycles. The van der Waals surface area contributed by atoms with Crippen molar-refractivity contribution < 1.29 is 27.6 Å². The molecule has 2 heterocycles. The number of morpholine rings is 1. The molecule has 0 N–H and O–H groups in total. The van der Waals surface area contributed by atoms with E-state index >= 15 is 4.39 Å². The van der Waals surface area contributed by atoms with Crippen molar-refractivity contribution in [2.75, 3.05) is 63.9 Å². The number of esters is 1. The summed E-state index contributed by atoms with van der Waals surface area (Å²) in [5.74, 6) is -0.947. The highest BCUT2D eigenvalue weighted by molar-refractivity contribution is 14.1. The van der Waals surface area contributed by atoms with Crippen molar-refractivity contribution in [2.24, 2.45) is 0 Å². The van der Waals surface area contributed by atoms with Gasteiger partial charge in [0.2, 0.25) is 5.43 Å². The molecule has 0 aliphatic carbocycles. The topological polar surface area (TPSA) is 79.2 Å². The number of aryl methyl sites for hydroxylation is 1. The first-order valence-corrected chi connectivity index (χ1v) is 16.5. The molecule has 1 aromatic heterocycles. The zero-order chi connectivity index (χ0) is 30.2. The molecule has 1 saturated heterocycles. The second kappa shape index (κ2) is 15.5. The fourth-order valence-corrected chi connectivity index (χ4v) is 6.17. The molecule has 228 valence electrons. The molecular formula is C31H38FIN2O6S. The van der Waals surface area contributed by atoms with Crippen LogP contribution in [0.15, 0.2) is 35.3 Å². The van der Waals surface area contributed by atoms with Crippen LogP contribution in [0.3, 0.4) is 0 Å². The van der Waals surface area contributed by atoms with Crippen LogP contribution in [0.25, 0.3) is 10.9 Å². The average Bonchev–Trinajstić information content (AvgIpc) is 3.00. The Bertz CT molecular complexity index is 1450. The maximum Gasteiger partial charge on any atom is 0.343 e. The number of benzene rings is 2. The van der Waals surface area contributed by atoms with Gasteiger partial charge in [0.1, 0.15) is 11.4 Å². The molecule has 11 heteroatoms. The molecule has 3 aromatic rings. The number of carbonyl (C=O) groups is 1. The summed E-state index contributed by atoms with van der Waals surface area (Å²) in [5, 5.41) is 0.373. The molecule has 1 fully saturated rings. The molecule has 0 amide bonds. The van der Waals surface area contributed by atoms with Gasteiger partial charge in [0, 0.05) is 49.6 Å². The van der Waals surface area contributed by atoms with Crippen LogP contribution in [-0.2, 0) is 31.2 Å². The lowest BCUT2D eigenvalue weighted by Crippen LogP contribution is -2.36. The van der Waals surface area contributed by atoms with Crippen LogP contribution in [0.2, 0.25) is 0 Å². The van der Waals surface area contributed by atoms with E-state index in [2.05, 4.69) is 4.90 Å². The number of ether oxygens (including phenoxy) is 3. The summed E-state index contributed by atoms with van der Waals surface area (Å²) in [7, 11) is 0. The minimum atomic E-state index is -0.681. The standard InChI is InChI=1S/C31H38FIN2O6S/c1-5-20-15-28-25(14-21(20)12-22-13-23(16-27(33)29(22)32)34-8-10-39-11-9-34)30(36)26(31(37)40-7-3)17-35(28)24(18-38-6-2)19-41-42-4/h13-17,24H,5-12,18-19H2,1-4H3/t24-/m0/s1. The van der Waals surface area contributed by atoms with Gasteiger partial charge in [0.15, 0.2) is 0 Å². The Hall–Kier alpha value is -2.19. The first kappa shape index (κ1) is 32.7. The first-order valence-electron chi connectivity index (χ1n) is 14.2. The van der Waals surface area contributed by atoms with Gasteiger partial charge in [-0.1, -0.05) is 6.92 Å². The Balaban J connectivity index is 1.88. The van der Waals surface area contributed by atoms with Crippen molar-refractivity contribution in [2.45, 2.75) is 39.7 Å². The highest BCUT2D eigenvalue weighted by Crippen LogP contribution is 2.30. The van der Waals surface area contributed by atoms with Crippen molar-refractivity contribution in [1.82, 2.24) is 4.57 Å². The summed E-state index contributed by atoms with van der Waals surface area (Å²) < 4.78 is 40.1. The first-order chi connectivity index (χ1) is 20.3. The molecule has 1 atom stereocenters. The summed E-state index contributed by atoms with van der Waals surface area (Å²) in [6.07, 6.45) is 4.38. The monoisotopic (exact) mass is 712 g/mol. The van der Waals surface area contributed by atoms with Gasteiger partial charge < -0.3 is 27.9 Å². The molecular weight excluding hydrogens is 674 g/mol. The third-order valence-corrected chi connectivity index (χ3v) is 8.52. The second-order valence-electron chi connectivity index (χ2n) is 9.93. The summed E-state index contributed by atoms with van der Waals surface area (Å²) in [5.41, 5.74) is 3.54. The Morgan fingerprint density at radius 2 is 1.83 bits per heavy atom. The Morgan fingerprint density at radius 1 is 1.07 bits per heavy atom. The average molecular weight is 713 g/mol. The van der Waals surface area contributed by atoms with Crippen molar-refractivity contribution >= 4 is 57.2 Å². The minimum Gasteiger partial charge on any atom is -0.462 e. The summed E-state index contributed by atoms with van der Waals surface area (Å²) in [6.45, 7) is 9.71. The van der Waals surface area contributed by atoms with Crippen LogP contribution in [0, 0.1) is 9.39 Å². The number of fused-ring (bicyclic) bond motifs is 1. The van der Waals surface area contributed by atoms with E-state index in [1.807, 2.05) is 71.5 Å². The fraction of sp³-hybridized carbons (Fsp3) is 0.484. The fourth-order valence-electron chi connectivity index (χ4n) is 5.21. The summed E-state index contributed by atoms with van der Waals surface area (Å²) in [6, 6.07) is 7.27. The van der Waals surface area contributed by atoms with Crippen LogP contribution >= 0.6 is 34.6 Å². The van der Waals surface area contributed by atoms with Gasteiger partial charge in [-0.05, 0) is 95.9 Å². The molecule has 42 heavy (non-hydrogen) atoms. The van der Waals surface area contributed by atoms with Crippen molar-refractivity contribution in [3.63, 3.8) is 0 Å². The van der Waals surface area contributed by atoms with Crippen molar-refractivity contribution in [3.8, 4) is 0 Å². The van der Waals surface area contributed by atoms with Crippen LogP contribution in [0.4, 0.5) is 10.1 Å². The number of anilines is 1. The lowest BCUT2D eigenvalue weighted by Gasteiger charge is -2.29. The predicted molar refractivity (Wildman–Crippen MR) is 173 cm³/mol. The Morgan fingerprint density at radius 3 is 2.50 bits per heavy atom. The molecule has 0 unspecified atom stereocenters. The molecule has 0 radical (unpaired) electrons. The SMILES string of the molecule is CCOC[C@@H](COSC)n1cc(C(=O)OCC)c(=O)c2cc(Cc3cc(N4CCOCC4)cc(I)c3F)c(CC)cc21. The van der Waals surface area contributed by atoms with Crippen LogP contribution in [0.5, 0.6) is 0 Å². The smallest absolute Gasteiger partial charge is 0.343 e. The lowest BCUT2D eigenvalue weighted by atomic mass is 9.94. The van der Waals surface area contributed by atoms with E-state index in [4.69, 9.17) is 18.4 Å². The van der Waals surface area contributed by atoms with E-state index in [0.29, 0.717) is 65.9 Å². The number of nitrogens with zero attached hydrogens (tertiary/aromatic N) is 2. The summed E-state index contributed by atoms with van der Waals surface area (Å²) >= 11 is 3.28. The number of hydrogen-bond acceptors (Lipinski definition) is 8. The predicted octanol–water partition coefficient (Wildman–Crippen LogP) is 5.78. The number of rotatable bonds is 13. The van der Waals surface area contributed by atoms with Gasteiger partial charge in [-0.2, -0.15) is 0 Å². The zero-order valence-corrected chi connectivity index (χ0v) is 27.5. The van der Waals surface area contributed by atoms with Gasteiger partial charge in [-0.15, -0.1) is 0 Å². The molecule has 1 aliphatic heterocycles. The Labute approximate surface area is 264 Å². The third-order valence-electron chi connectivity index (χ3n) is 7.36. The van der Waals surface area contributed by atoms with Gasteiger partial charge in [0.25, 0.3) is 0 Å². The normalized spacial score (nSPS) is 14.4. The van der Waals surface area contributed by atoms with Crippen molar-refractivity contribution in [3.05, 3.63) is 72.3 Å². The van der Waals surface area contributed by atoms with E-state index < -0.39 is 11.4 Å². The maximum atomic E-state index is 15.5. The van der Waals surface area contributed by atoms with E-state index in [-0.39, 0.29) is 24.0 Å². The quantitative estimate of drug-likeness (QED) is 0.125.